The van der Waals surface area contributed by atoms with E-state index in [1.807, 2.05) is 13.8 Å². The van der Waals surface area contributed by atoms with E-state index < -0.39 is 5.41 Å². The average Bonchev–Trinajstić information content (AvgIpc) is 2.36. The molecule has 5 heteroatoms. The van der Waals surface area contributed by atoms with Crippen LogP contribution in [0.5, 0.6) is 0 Å². The van der Waals surface area contributed by atoms with Crippen molar-refractivity contribution in [3.05, 3.63) is 0 Å². The van der Waals surface area contributed by atoms with Crippen LogP contribution < -0.4 is 11.1 Å². The van der Waals surface area contributed by atoms with Crippen molar-refractivity contribution in [1.82, 2.24) is 10.2 Å². The lowest BCUT2D eigenvalue weighted by atomic mass is 9.89. The highest BCUT2D eigenvalue weighted by molar-refractivity contribution is 5.90. The van der Waals surface area contributed by atoms with Gasteiger partial charge in [0.2, 0.25) is 11.8 Å². The Hall–Kier alpha value is -1.10. The summed E-state index contributed by atoms with van der Waals surface area (Å²) in [5.41, 5.74) is 5.03. The highest BCUT2D eigenvalue weighted by atomic mass is 16.2. The molecule has 1 heterocycles. The summed E-state index contributed by atoms with van der Waals surface area (Å²) >= 11 is 0. The SMILES string of the molecule is CNC(=O)C1CCCCN1C(=O)C(C)(C)CN. The van der Waals surface area contributed by atoms with Crippen LogP contribution in [0.1, 0.15) is 33.1 Å². The number of likely N-dealkylation sites (N-methyl/N-ethyl adjacent to an activating group) is 1. The predicted octanol–water partition coefficient (Wildman–Crippen LogP) is 0.0984. The number of nitrogens with one attached hydrogen (secondary N) is 1. The number of likely N-dealkylation sites (tertiary alicyclic amines) is 1. The lowest BCUT2D eigenvalue weighted by molar-refractivity contribution is -0.148. The fraction of sp³-hybridized carbons (Fsp3) is 0.833. The second-order valence-corrected chi connectivity index (χ2v) is 5.21. The molecule has 17 heavy (non-hydrogen) atoms. The molecular formula is C12H23N3O2. The van der Waals surface area contributed by atoms with Crippen LogP contribution in [0.4, 0.5) is 0 Å². The summed E-state index contributed by atoms with van der Waals surface area (Å²) in [6.45, 7) is 4.60. The lowest BCUT2D eigenvalue weighted by Gasteiger charge is -2.38. The normalized spacial score (nSPS) is 21.2. The largest absolute Gasteiger partial charge is 0.357 e. The number of hydrogen-bond donors (Lipinski definition) is 2. The van der Waals surface area contributed by atoms with Crippen LogP contribution >= 0.6 is 0 Å². The van der Waals surface area contributed by atoms with Crippen LogP contribution in [0.25, 0.3) is 0 Å². The Labute approximate surface area is 103 Å². The molecule has 0 aliphatic carbocycles. The molecule has 1 fully saturated rings. The van der Waals surface area contributed by atoms with E-state index in [0.717, 1.165) is 19.3 Å². The predicted molar refractivity (Wildman–Crippen MR) is 66.3 cm³/mol. The molecule has 3 N–H and O–H groups in total. The van der Waals surface area contributed by atoms with Crippen molar-refractivity contribution in [2.75, 3.05) is 20.1 Å². The molecular weight excluding hydrogens is 218 g/mol. The molecule has 0 aromatic carbocycles. The van der Waals surface area contributed by atoms with E-state index in [9.17, 15) is 9.59 Å². The van der Waals surface area contributed by atoms with Crippen LogP contribution in [0.15, 0.2) is 0 Å². The molecule has 5 nitrogen and oxygen atoms in total. The summed E-state index contributed by atoms with van der Waals surface area (Å²) in [7, 11) is 1.60. The average molecular weight is 241 g/mol. The summed E-state index contributed by atoms with van der Waals surface area (Å²) in [6, 6.07) is -0.327. The third-order valence-corrected chi connectivity index (χ3v) is 3.40. The van der Waals surface area contributed by atoms with E-state index in [0.29, 0.717) is 13.1 Å². The number of rotatable bonds is 3. The van der Waals surface area contributed by atoms with Gasteiger partial charge < -0.3 is 16.0 Å². The second kappa shape index (κ2) is 5.49. The van der Waals surface area contributed by atoms with Gasteiger partial charge in [-0.05, 0) is 33.1 Å². The zero-order valence-corrected chi connectivity index (χ0v) is 11.0. The summed E-state index contributed by atoms with van der Waals surface area (Å²) in [6.07, 6.45) is 2.69. The van der Waals surface area contributed by atoms with E-state index in [1.165, 1.54) is 0 Å². The van der Waals surface area contributed by atoms with E-state index >= 15 is 0 Å². The van der Waals surface area contributed by atoms with Gasteiger partial charge in [0.1, 0.15) is 6.04 Å². The molecule has 2 amide bonds. The van der Waals surface area contributed by atoms with Crippen LogP contribution in [0, 0.1) is 5.41 Å². The topological polar surface area (TPSA) is 75.4 Å². The van der Waals surface area contributed by atoms with Gasteiger partial charge in [-0.15, -0.1) is 0 Å². The number of carbonyl (C=O) groups excluding carboxylic acids is 2. The minimum absolute atomic E-state index is 0.0201. The summed E-state index contributed by atoms with van der Waals surface area (Å²) in [4.78, 5) is 25.8. The standard InChI is InChI=1S/C12H23N3O2/c1-12(2,8-13)11(17)15-7-5-4-6-9(15)10(16)14-3/h9H,4-8,13H2,1-3H3,(H,14,16). The molecule has 1 unspecified atom stereocenters. The Morgan fingerprint density at radius 2 is 2.06 bits per heavy atom. The molecule has 0 saturated carbocycles. The minimum atomic E-state index is -0.594. The zero-order valence-electron chi connectivity index (χ0n) is 11.0. The van der Waals surface area contributed by atoms with E-state index in [2.05, 4.69) is 5.32 Å². The van der Waals surface area contributed by atoms with Gasteiger partial charge in [-0.3, -0.25) is 9.59 Å². The van der Waals surface area contributed by atoms with Gasteiger partial charge in [0.25, 0.3) is 0 Å². The molecule has 1 saturated heterocycles. The first-order valence-electron chi connectivity index (χ1n) is 6.17. The molecule has 0 radical (unpaired) electrons. The lowest BCUT2D eigenvalue weighted by Crippen LogP contribution is -2.55. The second-order valence-electron chi connectivity index (χ2n) is 5.21. The van der Waals surface area contributed by atoms with Gasteiger partial charge in [-0.2, -0.15) is 0 Å². The highest BCUT2D eigenvalue weighted by Crippen LogP contribution is 2.24. The van der Waals surface area contributed by atoms with Crippen molar-refractivity contribution in [2.24, 2.45) is 11.1 Å². The summed E-state index contributed by atoms with van der Waals surface area (Å²) < 4.78 is 0. The maximum atomic E-state index is 12.3. The quantitative estimate of drug-likeness (QED) is 0.735. The highest BCUT2D eigenvalue weighted by Gasteiger charge is 2.38. The van der Waals surface area contributed by atoms with Crippen LogP contribution in [0.3, 0.4) is 0 Å². The Kier molecular flexibility index (Phi) is 4.51. The van der Waals surface area contributed by atoms with Gasteiger partial charge in [0, 0.05) is 20.1 Å². The van der Waals surface area contributed by atoms with Crippen molar-refractivity contribution in [2.45, 2.75) is 39.2 Å². The molecule has 0 spiro atoms. The van der Waals surface area contributed by atoms with Gasteiger partial charge in [0.05, 0.1) is 5.41 Å². The first kappa shape index (κ1) is 14.0. The van der Waals surface area contributed by atoms with E-state index in [4.69, 9.17) is 5.73 Å². The third-order valence-electron chi connectivity index (χ3n) is 3.40. The van der Waals surface area contributed by atoms with Crippen molar-refractivity contribution in [3.8, 4) is 0 Å². The van der Waals surface area contributed by atoms with Crippen molar-refractivity contribution in [1.29, 1.82) is 0 Å². The Balaban J connectivity index is 2.85. The fourth-order valence-electron chi connectivity index (χ4n) is 2.09. The summed E-state index contributed by atoms with van der Waals surface area (Å²) in [5, 5.41) is 2.62. The smallest absolute Gasteiger partial charge is 0.242 e. The molecule has 1 rings (SSSR count). The maximum absolute atomic E-state index is 12.3. The van der Waals surface area contributed by atoms with Gasteiger partial charge in [-0.1, -0.05) is 0 Å². The molecule has 0 bridgehead atoms. The molecule has 0 aromatic rings. The van der Waals surface area contributed by atoms with E-state index in [-0.39, 0.29) is 17.9 Å². The van der Waals surface area contributed by atoms with Crippen LogP contribution in [-0.4, -0.2) is 42.9 Å². The number of piperidine rings is 1. The zero-order chi connectivity index (χ0) is 13.1. The Morgan fingerprint density at radius 3 is 2.59 bits per heavy atom. The number of nitrogens with two attached hydrogens (primary N) is 1. The third kappa shape index (κ3) is 2.97. The summed E-state index contributed by atoms with van der Waals surface area (Å²) in [5.74, 6) is -0.0980. The van der Waals surface area contributed by atoms with Crippen LogP contribution in [-0.2, 0) is 9.59 Å². The first-order chi connectivity index (χ1) is 7.94. The number of hydrogen-bond acceptors (Lipinski definition) is 3. The number of carbonyl (C=O) groups is 2. The maximum Gasteiger partial charge on any atom is 0.242 e. The van der Waals surface area contributed by atoms with Crippen molar-refractivity contribution < 1.29 is 9.59 Å². The molecule has 1 atom stereocenters. The van der Waals surface area contributed by atoms with Crippen molar-refractivity contribution in [3.63, 3.8) is 0 Å². The monoisotopic (exact) mass is 241 g/mol. The van der Waals surface area contributed by atoms with Gasteiger partial charge in [0.15, 0.2) is 0 Å². The van der Waals surface area contributed by atoms with E-state index in [1.54, 1.807) is 11.9 Å². The van der Waals surface area contributed by atoms with Gasteiger partial charge in [-0.25, -0.2) is 0 Å². The number of nitrogens with zero attached hydrogens (tertiary/aromatic N) is 1. The minimum Gasteiger partial charge on any atom is -0.357 e. The molecule has 98 valence electrons. The first-order valence-corrected chi connectivity index (χ1v) is 6.17. The van der Waals surface area contributed by atoms with Gasteiger partial charge >= 0.3 is 0 Å². The Morgan fingerprint density at radius 1 is 1.41 bits per heavy atom. The van der Waals surface area contributed by atoms with Crippen molar-refractivity contribution >= 4 is 11.8 Å². The fourth-order valence-corrected chi connectivity index (χ4v) is 2.09. The molecule has 0 aromatic heterocycles. The number of amides is 2. The molecule has 1 aliphatic rings. The van der Waals surface area contributed by atoms with Crippen LogP contribution in [0.2, 0.25) is 0 Å². The molecule has 1 aliphatic heterocycles. The Bertz CT molecular complexity index is 302.